The number of nitrogens with one attached hydrogen (secondary N) is 1. The molecule has 1 heterocycles. The van der Waals surface area contributed by atoms with Crippen LogP contribution in [0.25, 0.3) is 0 Å². The molecule has 0 saturated heterocycles. The Hall–Kier alpha value is -0.630. The molecule has 0 saturated carbocycles. The van der Waals surface area contributed by atoms with Crippen LogP contribution in [-0.4, -0.2) is 5.37 Å². The zero-order valence-corrected chi connectivity index (χ0v) is 5.19. The van der Waals surface area contributed by atoms with Crippen molar-refractivity contribution in [1.29, 1.82) is 0 Å². The van der Waals surface area contributed by atoms with Crippen LogP contribution < -0.4 is 5.32 Å². The number of rotatable bonds is 1. The first-order valence-electron chi connectivity index (χ1n) is 2.48. The Labute approximate surface area is 54.1 Å². The lowest BCUT2D eigenvalue weighted by Crippen LogP contribution is -2.03. The molecular formula is C6H7NS. The summed E-state index contributed by atoms with van der Waals surface area (Å²) in [5.41, 5.74) is 0. The summed E-state index contributed by atoms with van der Waals surface area (Å²) < 4.78 is 0. The highest BCUT2D eigenvalue weighted by Crippen LogP contribution is 1.99. The van der Waals surface area contributed by atoms with Crippen molar-refractivity contribution in [3.63, 3.8) is 0 Å². The van der Waals surface area contributed by atoms with E-state index in [-0.39, 0.29) is 0 Å². The molecule has 1 rings (SSSR count). The van der Waals surface area contributed by atoms with Gasteiger partial charge in [-0.2, -0.15) is 0 Å². The molecule has 0 aromatic heterocycles. The van der Waals surface area contributed by atoms with Crippen LogP contribution in [0.1, 0.15) is 0 Å². The number of allylic oxidation sites excluding steroid dienone is 2. The van der Waals surface area contributed by atoms with E-state index in [1.165, 1.54) is 0 Å². The minimum atomic E-state index is 0.353. The summed E-state index contributed by atoms with van der Waals surface area (Å²) in [4.78, 5) is 0. The third-order valence-corrected chi connectivity index (χ3v) is 1.30. The summed E-state index contributed by atoms with van der Waals surface area (Å²) in [7, 11) is 0. The summed E-state index contributed by atoms with van der Waals surface area (Å²) in [5, 5.41) is 4.65. The van der Waals surface area contributed by atoms with Gasteiger partial charge in [0.05, 0.1) is 0 Å². The summed E-state index contributed by atoms with van der Waals surface area (Å²) in [6.45, 7) is 0. The number of thiocarbonyl (C=S) groups is 1. The summed E-state index contributed by atoms with van der Waals surface area (Å²) in [6.07, 6.45) is 7.78. The van der Waals surface area contributed by atoms with Crippen LogP contribution in [0.3, 0.4) is 0 Å². The van der Waals surface area contributed by atoms with Gasteiger partial charge in [-0.15, -0.1) is 0 Å². The summed E-state index contributed by atoms with van der Waals surface area (Å²) in [5.74, 6) is 0.353. The highest BCUT2D eigenvalue weighted by Gasteiger charge is 1.94. The van der Waals surface area contributed by atoms with Gasteiger partial charge in [-0.3, -0.25) is 0 Å². The Balaban J connectivity index is 2.54. The molecule has 2 heteroatoms. The lowest BCUT2D eigenvalue weighted by molar-refractivity contribution is 1.04. The quantitative estimate of drug-likeness (QED) is 0.529. The monoisotopic (exact) mass is 125 g/mol. The number of hydrogen-bond donors (Lipinski definition) is 1. The van der Waals surface area contributed by atoms with Gasteiger partial charge in [-0.1, -0.05) is 24.4 Å². The minimum absolute atomic E-state index is 0.353. The van der Waals surface area contributed by atoms with Crippen molar-refractivity contribution >= 4 is 17.6 Å². The molecule has 0 spiro atoms. The zero-order valence-electron chi connectivity index (χ0n) is 4.37. The SMILES string of the molecule is S=CC1C=CNC=C1. The van der Waals surface area contributed by atoms with Crippen LogP contribution in [0, 0.1) is 5.92 Å². The topological polar surface area (TPSA) is 12.0 Å². The fraction of sp³-hybridized carbons (Fsp3) is 0.167. The predicted octanol–water partition coefficient (Wildman–Crippen LogP) is 1.23. The van der Waals surface area contributed by atoms with Gasteiger partial charge in [0, 0.05) is 5.92 Å². The zero-order chi connectivity index (χ0) is 5.82. The molecule has 1 aliphatic heterocycles. The fourth-order valence-corrected chi connectivity index (χ4v) is 0.725. The Morgan fingerprint density at radius 1 is 1.38 bits per heavy atom. The van der Waals surface area contributed by atoms with Gasteiger partial charge in [0.15, 0.2) is 0 Å². The van der Waals surface area contributed by atoms with Crippen LogP contribution in [0.4, 0.5) is 0 Å². The lowest BCUT2D eigenvalue weighted by atomic mass is 10.1. The van der Waals surface area contributed by atoms with Crippen molar-refractivity contribution in [2.45, 2.75) is 0 Å². The molecule has 0 bridgehead atoms. The lowest BCUT2D eigenvalue weighted by Gasteiger charge is -2.02. The maximum Gasteiger partial charge on any atom is 0.0266 e. The highest BCUT2D eigenvalue weighted by molar-refractivity contribution is 7.79. The van der Waals surface area contributed by atoms with E-state index >= 15 is 0 Å². The average Bonchev–Trinajstić information content (AvgIpc) is 1.90. The van der Waals surface area contributed by atoms with Gasteiger partial charge >= 0.3 is 0 Å². The van der Waals surface area contributed by atoms with E-state index in [4.69, 9.17) is 12.2 Å². The number of hydrogen-bond acceptors (Lipinski definition) is 2. The van der Waals surface area contributed by atoms with Crippen LogP contribution in [-0.2, 0) is 0 Å². The minimum Gasteiger partial charge on any atom is -0.368 e. The second-order valence-electron chi connectivity index (χ2n) is 1.60. The van der Waals surface area contributed by atoms with Crippen molar-refractivity contribution in [2.24, 2.45) is 5.92 Å². The van der Waals surface area contributed by atoms with Crippen molar-refractivity contribution in [3.8, 4) is 0 Å². The molecule has 42 valence electrons. The molecular weight excluding hydrogens is 118 g/mol. The molecule has 0 unspecified atom stereocenters. The Morgan fingerprint density at radius 3 is 2.38 bits per heavy atom. The maximum atomic E-state index is 4.72. The number of dihydropyridines is 1. The Morgan fingerprint density at radius 2 is 2.00 bits per heavy atom. The average molecular weight is 125 g/mol. The van der Waals surface area contributed by atoms with Crippen LogP contribution >= 0.6 is 12.2 Å². The Kier molecular flexibility index (Phi) is 1.80. The van der Waals surface area contributed by atoms with Crippen molar-refractivity contribution in [3.05, 3.63) is 24.6 Å². The smallest absolute Gasteiger partial charge is 0.0266 e. The molecule has 0 fully saturated rings. The third kappa shape index (κ3) is 1.17. The Bertz CT molecular complexity index is 125. The van der Waals surface area contributed by atoms with E-state index in [0.29, 0.717) is 5.92 Å². The summed E-state index contributed by atoms with van der Waals surface area (Å²) >= 11 is 4.72. The van der Waals surface area contributed by atoms with E-state index in [2.05, 4.69) is 5.32 Å². The van der Waals surface area contributed by atoms with Gasteiger partial charge < -0.3 is 5.32 Å². The molecule has 0 radical (unpaired) electrons. The molecule has 0 aliphatic carbocycles. The van der Waals surface area contributed by atoms with E-state index < -0.39 is 0 Å². The third-order valence-electron chi connectivity index (χ3n) is 0.986. The van der Waals surface area contributed by atoms with Gasteiger partial charge in [-0.25, -0.2) is 0 Å². The largest absolute Gasteiger partial charge is 0.368 e. The molecule has 8 heavy (non-hydrogen) atoms. The molecule has 1 aliphatic rings. The molecule has 0 aromatic rings. The van der Waals surface area contributed by atoms with Gasteiger partial charge in [0.2, 0.25) is 0 Å². The standard InChI is InChI=1S/C6H7NS/c8-5-6-1-3-7-4-2-6/h1-7H. The molecule has 1 nitrogen and oxygen atoms in total. The normalized spacial score (nSPS) is 18.0. The molecule has 0 atom stereocenters. The molecule has 0 amide bonds. The fourth-order valence-electron chi connectivity index (χ4n) is 0.544. The van der Waals surface area contributed by atoms with E-state index in [0.717, 1.165) is 0 Å². The molecule has 1 N–H and O–H groups in total. The van der Waals surface area contributed by atoms with E-state index in [1.807, 2.05) is 24.6 Å². The predicted molar refractivity (Wildman–Crippen MR) is 38.6 cm³/mol. The van der Waals surface area contributed by atoms with Crippen LogP contribution in [0.15, 0.2) is 24.6 Å². The van der Waals surface area contributed by atoms with E-state index in [1.54, 1.807) is 5.37 Å². The summed E-state index contributed by atoms with van der Waals surface area (Å²) in [6, 6.07) is 0. The first kappa shape index (κ1) is 5.51. The first-order chi connectivity index (χ1) is 3.93. The van der Waals surface area contributed by atoms with Gasteiger partial charge in [-0.05, 0) is 17.8 Å². The second-order valence-corrected chi connectivity index (χ2v) is 1.87. The highest BCUT2D eigenvalue weighted by atomic mass is 32.1. The van der Waals surface area contributed by atoms with E-state index in [9.17, 15) is 0 Å². The van der Waals surface area contributed by atoms with Crippen molar-refractivity contribution in [1.82, 2.24) is 5.32 Å². The van der Waals surface area contributed by atoms with Crippen molar-refractivity contribution < 1.29 is 0 Å². The molecule has 0 aromatic carbocycles. The van der Waals surface area contributed by atoms with Gasteiger partial charge in [0.1, 0.15) is 0 Å². The maximum absolute atomic E-state index is 4.72. The van der Waals surface area contributed by atoms with Crippen LogP contribution in [0.5, 0.6) is 0 Å². The van der Waals surface area contributed by atoms with Crippen LogP contribution in [0.2, 0.25) is 0 Å². The second kappa shape index (κ2) is 2.62. The van der Waals surface area contributed by atoms with Gasteiger partial charge in [0.25, 0.3) is 0 Å². The van der Waals surface area contributed by atoms with Crippen molar-refractivity contribution in [2.75, 3.05) is 0 Å². The first-order valence-corrected chi connectivity index (χ1v) is 2.95.